The van der Waals surface area contributed by atoms with Gasteiger partial charge in [-0.2, -0.15) is 9.78 Å². The van der Waals surface area contributed by atoms with E-state index in [9.17, 15) is 19.2 Å². The van der Waals surface area contributed by atoms with Gasteiger partial charge in [0.2, 0.25) is 5.69 Å². The largest absolute Gasteiger partial charge is 0.497 e. The highest BCUT2D eigenvalue weighted by atomic mass is 16.5. The summed E-state index contributed by atoms with van der Waals surface area (Å²) < 4.78 is 17.7. The summed E-state index contributed by atoms with van der Waals surface area (Å²) in [4.78, 5) is 54.4. The molecule has 0 aliphatic carbocycles. The minimum atomic E-state index is -0.819. The van der Waals surface area contributed by atoms with Gasteiger partial charge in [-0.1, -0.05) is 18.2 Å². The number of nitrogens with zero attached hydrogens (tertiary/aromatic N) is 4. The summed E-state index contributed by atoms with van der Waals surface area (Å²) in [7, 11) is 3.01. The minimum Gasteiger partial charge on any atom is -0.497 e. The fourth-order valence-corrected chi connectivity index (χ4v) is 4.42. The third-order valence-electron chi connectivity index (χ3n) is 6.36. The summed E-state index contributed by atoms with van der Waals surface area (Å²) in [6.07, 6.45) is 1.15. The molecule has 4 rings (SSSR count). The summed E-state index contributed by atoms with van der Waals surface area (Å²) in [5, 5.41) is 4.22. The molecule has 1 unspecified atom stereocenters. The zero-order chi connectivity index (χ0) is 27.2. The number of likely N-dealkylation sites (tertiary alicyclic amines) is 1. The molecule has 1 aliphatic heterocycles. The molecule has 2 heterocycles. The normalized spacial score (nSPS) is 15.1. The summed E-state index contributed by atoms with van der Waals surface area (Å²) in [6, 6.07) is 13.5. The van der Waals surface area contributed by atoms with Crippen LogP contribution in [-0.2, 0) is 16.1 Å². The molecule has 0 N–H and O–H groups in total. The quantitative estimate of drug-likeness (QED) is 0.411. The Balaban J connectivity index is 1.80. The smallest absolute Gasteiger partial charge is 0.352 e. The maximum Gasteiger partial charge on any atom is 0.352 e. The second-order valence-electron chi connectivity index (χ2n) is 8.83. The molecule has 2 aromatic carbocycles. The Morgan fingerprint density at radius 2 is 1.74 bits per heavy atom. The van der Waals surface area contributed by atoms with E-state index in [1.807, 2.05) is 0 Å². The van der Waals surface area contributed by atoms with Gasteiger partial charge in [0.15, 0.2) is 0 Å². The number of ether oxygens (including phenoxy) is 3. The van der Waals surface area contributed by atoms with E-state index < -0.39 is 28.8 Å². The van der Waals surface area contributed by atoms with Crippen molar-refractivity contribution in [1.29, 1.82) is 0 Å². The van der Waals surface area contributed by atoms with Gasteiger partial charge in [-0.25, -0.2) is 4.79 Å². The maximum atomic E-state index is 13.6. The van der Waals surface area contributed by atoms with Gasteiger partial charge >= 0.3 is 11.7 Å². The van der Waals surface area contributed by atoms with E-state index in [0.29, 0.717) is 42.1 Å². The molecule has 0 spiro atoms. The molecule has 38 heavy (non-hydrogen) atoms. The van der Waals surface area contributed by atoms with Crippen LogP contribution in [0, 0.1) is 5.92 Å². The first-order valence-electron chi connectivity index (χ1n) is 12.3. The lowest BCUT2D eigenvalue weighted by atomic mass is 9.98. The van der Waals surface area contributed by atoms with Crippen molar-refractivity contribution in [3.8, 4) is 17.2 Å². The van der Waals surface area contributed by atoms with Crippen LogP contribution in [0.4, 0.5) is 0 Å². The van der Waals surface area contributed by atoms with Gasteiger partial charge in [0.25, 0.3) is 11.5 Å². The fourth-order valence-electron chi connectivity index (χ4n) is 4.42. The Bertz CT molecular complexity index is 1450. The van der Waals surface area contributed by atoms with Gasteiger partial charge in [-0.3, -0.25) is 19.0 Å². The van der Waals surface area contributed by atoms with E-state index >= 15 is 0 Å². The number of amides is 1. The lowest BCUT2D eigenvalue weighted by Crippen LogP contribution is -2.49. The minimum absolute atomic E-state index is 0.104. The van der Waals surface area contributed by atoms with E-state index in [4.69, 9.17) is 14.2 Å². The average molecular weight is 523 g/mol. The van der Waals surface area contributed by atoms with Crippen LogP contribution in [0.25, 0.3) is 5.69 Å². The molecule has 1 atom stereocenters. The first kappa shape index (κ1) is 26.6. The molecule has 0 bridgehead atoms. The van der Waals surface area contributed by atoms with Gasteiger partial charge in [0.05, 0.1) is 39.0 Å². The van der Waals surface area contributed by atoms with Crippen molar-refractivity contribution in [3.63, 3.8) is 0 Å². The third kappa shape index (κ3) is 5.61. The topological polar surface area (TPSA) is 122 Å². The molecule has 1 fully saturated rings. The maximum absolute atomic E-state index is 13.6. The number of aromatic nitrogens is 3. The monoisotopic (exact) mass is 522 g/mol. The van der Waals surface area contributed by atoms with E-state index in [0.717, 1.165) is 9.25 Å². The van der Waals surface area contributed by atoms with Gasteiger partial charge in [-0.15, -0.1) is 0 Å². The van der Waals surface area contributed by atoms with Gasteiger partial charge < -0.3 is 19.1 Å². The molecular weight excluding hydrogens is 492 g/mol. The number of hydrogen-bond acceptors (Lipinski definition) is 8. The summed E-state index contributed by atoms with van der Waals surface area (Å²) in [5.41, 5.74) is -0.998. The predicted octanol–water partition coefficient (Wildman–Crippen LogP) is 1.87. The van der Waals surface area contributed by atoms with Crippen LogP contribution < -0.4 is 20.7 Å². The van der Waals surface area contributed by atoms with Crippen LogP contribution in [0.5, 0.6) is 11.5 Å². The average Bonchev–Trinajstić information content (AvgIpc) is 2.95. The van der Waals surface area contributed by atoms with Crippen LogP contribution >= 0.6 is 0 Å². The van der Waals surface area contributed by atoms with Crippen molar-refractivity contribution in [2.45, 2.75) is 26.3 Å². The molecule has 1 saturated heterocycles. The highest BCUT2D eigenvalue weighted by Gasteiger charge is 2.32. The van der Waals surface area contributed by atoms with E-state index in [-0.39, 0.29) is 25.7 Å². The van der Waals surface area contributed by atoms with Crippen molar-refractivity contribution in [1.82, 2.24) is 19.2 Å². The number of benzene rings is 2. The summed E-state index contributed by atoms with van der Waals surface area (Å²) >= 11 is 0. The first-order chi connectivity index (χ1) is 18.4. The molecule has 200 valence electrons. The van der Waals surface area contributed by atoms with E-state index in [2.05, 4.69) is 5.10 Å². The molecule has 0 saturated carbocycles. The van der Waals surface area contributed by atoms with E-state index in [1.165, 1.54) is 19.1 Å². The standard InChI is InChI=1S/C27H30N4O7/c1-4-38-26(34)19-9-7-13-29(17-19)24(32)23-25(33)30(16-18-8-5-11-21(14-18)36-2)27(35)31(28-23)20-10-6-12-22(15-20)37-3/h5-6,8,10-12,14-15,19H,4,7,9,13,16-17H2,1-3H3. The first-order valence-corrected chi connectivity index (χ1v) is 12.3. The van der Waals surface area contributed by atoms with Crippen LogP contribution in [0.1, 0.15) is 35.8 Å². The van der Waals surface area contributed by atoms with E-state index in [1.54, 1.807) is 55.5 Å². The highest BCUT2D eigenvalue weighted by Crippen LogP contribution is 2.20. The molecular formula is C27H30N4O7. The Hall–Kier alpha value is -4.41. The van der Waals surface area contributed by atoms with Gasteiger partial charge in [0.1, 0.15) is 11.5 Å². The molecule has 3 aromatic rings. The lowest BCUT2D eigenvalue weighted by molar-refractivity contribution is -0.149. The fraction of sp³-hybridized carbons (Fsp3) is 0.370. The van der Waals surface area contributed by atoms with Crippen LogP contribution in [-0.4, -0.2) is 65.0 Å². The number of hydrogen-bond donors (Lipinski definition) is 0. The zero-order valence-electron chi connectivity index (χ0n) is 21.6. The van der Waals surface area contributed by atoms with Crippen LogP contribution in [0.3, 0.4) is 0 Å². The van der Waals surface area contributed by atoms with Crippen LogP contribution in [0.15, 0.2) is 58.1 Å². The van der Waals surface area contributed by atoms with Crippen molar-refractivity contribution >= 4 is 11.9 Å². The summed E-state index contributed by atoms with van der Waals surface area (Å²) in [6.45, 7) is 2.32. The number of esters is 1. The van der Waals surface area contributed by atoms with Crippen LogP contribution in [0.2, 0.25) is 0 Å². The zero-order valence-corrected chi connectivity index (χ0v) is 21.6. The van der Waals surface area contributed by atoms with Crippen molar-refractivity contribution in [2.24, 2.45) is 5.92 Å². The van der Waals surface area contributed by atoms with Crippen molar-refractivity contribution in [3.05, 3.63) is 80.6 Å². The molecule has 1 aromatic heterocycles. The third-order valence-corrected chi connectivity index (χ3v) is 6.36. The Labute approximate surface area is 219 Å². The highest BCUT2D eigenvalue weighted by molar-refractivity contribution is 5.92. The number of rotatable bonds is 8. The number of carbonyl (C=O) groups excluding carboxylic acids is 2. The number of methoxy groups -OCH3 is 2. The van der Waals surface area contributed by atoms with Crippen molar-refractivity contribution in [2.75, 3.05) is 33.9 Å². The number of carbonyl (C=O) groups is 2. The SMILES string of the molecule is CCOC(=O)C1CCCN(C(=O)c2nn(-c3cccc(OC)c3)c(=O)n(Cc3cccc(OC)c3)c2=O)C1. The molecule has 1 amide bonds. The Kier molecular flexibility index (Phi) is 8.25. The lowest BCUT2D eigenvalue weighted by Gasteiger charge is -2.31. The Morgan fingerprint density at radius 1 is 1.03 bits per heavy atom. The second kappa shape index (κ2) is 11.8. The van der Waals surface area contributed by atoms with Gasteiger partial charge in [0, 0.05) is 19.2 Å². The molecule has 11 heteroatoms. The molecule has 1 aliphatic rings. The second-order valence-corrected chi connectivity index (χ2v) is 8.83. The predicted molar refractivity (Wildman–Crippen MR) is 138 cm³/mol. The summed E-state index contributed by atoms with van der Waals surface area (Å²) in [5.74, 6) is -0.485. The number of piperidine rings is 1. The van der Waals surface area contributed by atoms with Crippen molar-refractivity contribution < 1.29 is 23.8 Å². The Morgan fingerprint density at radius 3 is 2.45 bits per heavy atom. The molecule has 0 radical (unpaired) electrons. The molecule has 11 nitrogen and oxygen atoms in total. The van der Waals surface area contributed by atoms with Gasteiger partial charge in [-0.05, 0) is 49.6 Å².